The minimum atomic E-state index is -3.99. The number of rotatable bonds is 11. The number of nitrogens with one attached hydrogen (secondary N) is 2. The largest absolute Gasteiger partial charge is 0.496 e. The van der Waals surface area contributed by atoms with Crippen molar-refractivity contribution in [2.45, 2.75) is 30.9 Å². The Morgan fingerprint density at radius 1 is 0.842 bits per heavy atom. The predicted molar refractivity (Wildman–Crippen MR) is 148 cm³/mol. The molecular formula is C30H30N2O5S. The summed E-state index contributed by atoms with van der Waals surface area (Å²) in [6, 6.07) is 29.6. The summed E-state index contributed by atoms with van der Waals surface area (Å²) in [7, 11) is -2.47. The summed E-state index contributed by atoms with van der Waals surface area (Å²) < 4.78 is 40.1. The Hall–Kier alpha value is -4.14. The molecule has 0 saturated heterocycles. The summed E-state index contributed by atoms with van der Waals surface area (Å²) >= 11 is 0. The van der Waals surface area contributed by atoms with Crippen molar-refractivity contribution in [2.75, 3.05) is 12.4 Å². The third-order valence-electron chi connectivity index (χ3n) is 5.94. The Kier molecular flexibility index (Phi) is 8.78. The standard InChI is InChI=1S/C30H30N2O5S/c1-22-19-27(17-18-29(22)36-2)38(34,35)32-28(20-23-9-5-3-6-10-23)30(33)31-25-13-15-26(16-14-25)37-21-24-11-7-4-8-12-24/h3-19,28,32H,20-21H2,1-2H3,(H,31,33). The van der Waals surface area contributed by atoms with Gasteiger partial charge in [0.05, 0.1) is 12.0 Å². The van der Waals surface area contributed by atoms with Gasteiger partial charge in [-0.15, -0.1) is 0 Å². The van der Waals surface area contributed by atoms with Crippen molar-refractivity contribution in [3.63, 3.8) is 0 Å². The van der Waals surface area contributed by atoms with Crippen LogP contribution in [0.5, 0.6) is 11.5 Å². The molecule has 2 N–H and O–H groups in total. The van der Waals surface area contributed by atoms with Crippen LogP contribution in [0.15, 0.2) is 108 Å². The predicted octanol–water partition coefficient (Wildman–Crippen LogP) is 5.11. The number of hydrogen-bond donors (Lipinski definition) is 2. The minimum absolute atomic E-state index is 0.0570. The van der Waals surface area contributed by atoms with Crippen LogP contribution >= 0.6 is 0 Å². The van der Waals surface area contributed by atoms with Gasteiger partial charge in [-0.2, -0.15) is 4.72 Å². The molecular weight excluding hydrogens is 500 g/mol. The lowest BCUT2D eigenvalue weighted by molar-refractivity contribution is -0.117. The van der Waals surface area contributed by atoms with E-state index in [0.717, 1.165) is 11.1 Å². The maximum Gasteiger partial charge on any atom is 0.242 e. The van der Waals surface area contributed by atoms with E-state index >= 15 is 0 Å². The van der Waals surface area contributed by atoms with Gasteiger partial charge in [0, 0.05) is 5.69 Å². The number of hydrogen-bond acceptors (Lipinski definition) is 5. The van der Waals surface area contributed by atoms with Crippen LogP contribution in [0.25, 0.3) is 0 Å². The molecule has 0 aliphatic rings. The van der Waals surface area contributed by atoms with Gasteiger partial charge in [-0.1, -0.05) is 60.7 Å². The van der Waals surface area contributed by atoms with E-state index < -0.39 is 22.0 Å². The summed E-state index contributed by atoms with van der Waals surface area (Å²) in [5.41, 5.74) is 3.08. The summed E-state index contributed by atoms with van der Waals surface area (Å²) in [5.74, 6) is 0.766. The van der Waals surface area contributed by atoms with Crippen molar-refractivity contribution in [3.8, 4) is 11.5 Å². The highest BCUT2D eigenvalue weighted by atomic mass is 32.2. The molecule has 4 aromatic carbocycles. The molecule has 7 nitrogen and oxygen atoms in total. The first-order chi connectivity index (χ1) is 18.3. The third kappa shape index (κ3) is 7.21. The molecule has 0 bridgehead atoms. The molecule has 1 atom stereocenters. The molecule has 0 aromatic heterocycles. The molecule has 0 spiro atoms. The highest BCUT2D eigenvalue weighted by Gasteiger charge is 2.27. The SMILES string of the molecule is COc1ccc(S(=O)(=O)NC(Cc2ccccc2)C(=O)Nc2ccc(OCc3ccccc3)cc2)cc1C. The van der Waals surface area contributed by atoms with Crippen molar-refractivity contribution in [1.82, 2.24) is 4.72 Å². The third-order valence-corrected chi connectivity index (χ3v) is 7.41. The van der Waals surface area contributed by atoms with E-state index in [1.807, 2.05) is 60.7 Å². The van der Waals surface area contributed by atoms with Crippen LogP contribution in [0, 0.1) is 6.92 Å². The molecule has 4 rings (SSSR count). The number of anilines is 1. The van der Waals surface area contributed by atoms with Crippen molar-refractivity contribution in [3.05, 3.63) is 120 Å². The Morgan fingerprint density at radius 3 is 2.08 bits per heavy atom. The Balaban J connectivity index is 1.48. The molecule has 38 heavy (non-hydrogen) atoms. The van der Waals surface area contributed by atoms with Crippen molar-refractivity contribution in [2.24, 2.45) is 0 Å². The topological polar surface area (TPSA) is 93.7 Å². The number of benzene rings is 4. The number of methoxy groups -OCH3 is 1. The lowest BCUT2D eigenvalue weighted by Crippen LogP contribution is -2.45. The molecule has 0 aliphatic carbocycles. The molecule has 4 aromatic rings. The number of ether oxygens (including phenoxy) is 2. The van der Waals surface area contributed by atoms with Gasteiger partial charge < -0.3 is 14.8 Å². The lowest BCUT2D eigenvalue weighted by atomic mass is 10.1. The van der Waals surface area contributed by atoms with Gasteiger partial charge >= 0.3 is 0 Å². The van der Waals surface area contributed by atoms with Gasteiger partial charge in [0.15, 0.2) is 0 Å². The maximum atomic E-state index is 13.3. The van der Waals surface area contributed by atoms with E-state index in [1.165, 1.54) is 19.2 Å². The van der Waals surface area contributed by atoms with Crippen LogP contribution in [0.3, 0.4) is 0 Å². The first-order valence-corrected chi connectivity index (χ1v) is 13.6. The molecule has 0 saturated carbocycles. The molecule has 8 heteroatoms. The highest BCUT2D eigenvalue weighted by molar-refractivity contribution is 7.89. The number of sulfonamides is 1. The summed E-state index contributed by atoms with van der Waals surface area (Å²) in [6.07, 6.45) is 0.180. The van der Waals surface area contributed by atoms with Gasteiger partial charge in [0.1, 0.15) is 24.1 Å². The fourth-order valence-electron chi connectivity index (χ4n) is 3.92. The number of amides is 1. The lowest BCUT2D eigenvalue weighted by Gasteiger charge is -2.19. The van der Waals surface area contributed by atoms with Crippen LogP contribution in [0.1, 0.15) is 16.7 Å². The van der Waals surface area contributed by atoms with E-state index in [9.17, 15) is 13.2 Å². The van der Waals surface area contributed by atoms with E-state index in [0.29, 0.717) is 29.4 Å². The minimum Gasteiger partial charge on any atom is -0.496 e. The van der Waals surface area contributed by atoms with Crippen LogP contribution in [-0.2, 0) is 27.8 Å². The second kappa shape index (κ2) is 12.4. The highest BCUT2D eigenvalue weighted by Crippen LogP contribution is 2.22. The Bertz CT molecular complexity index is 1460. The van der Waals surface area contributed by atoms with Crippen molar-refractivity contribution in [1.29, 1.82) is 0 Å². The zero-order valence-corrected chi connectivity index (χ0v) is 22.1. The average molecular weight is 531 g/mol. The smallest absolute Gasteiger partial charge is 0.242 e. The molecule has 1 amide bonds. The number of carbonyl (C=O) groups is 1. The second-order valence-electron chi connectivity index (χ2n) is 8.78. The monoisotopic (exact) mass is 530 g/mol. The molecule has 196 valence electrons. The van der Waals surface area contributed by atoms with Crippen LogP contribution in [-0.4, -0.2) is 27.5 Å². The quantitative estimate of drug-likeness (QED) is 0.281. The van der Waals surface area contributed by atoms with Gasteiger partial charge in [0.2, 0.25) is 15.9 Å². The summed E-state index contributed by atoms with van der Waals surface area (Å²) in [6.45, 7) is 2.19. The zero-order chi connectivity index (χ0) is 27.0. The molecule has 0 radical (unpaired) electrons. The summed E-state index contributed by atoms with van der Waals surface area (Å²) in [5, 5.41) is 2.83. The zero-order valence-electron chi connectivity index (χ0n) is 21.3. The van der Waals surface area contributed by atoms with Crippen LogP contribution in [0.4, 0.5) is 5.69 Å². The van der Waals surface area contributed by atoms with Crippen molar-refractivity contribution < 1.29 is 22.7 Å². The maximum absolute atomic E-state index is 13.3. The van der Waals surface area contributed by atoms with E-state index in [2.05, 4.69) is 10.0 Å². The van der Waals surface area contributed by atoms with Crippen LogP contribution in [0.2, 0.25) is 0 Å². The average Bonchev–Trinajstić information content (AvgIpc) is 2.93. The van der Waals surface area contributed by atoms with Gasteiger partial charge in [-0.3, -0.25) is 4.79 Å². The Morgan fingerprint density at radius 2 is 1.47 bits per heavy atom. The molecule has 1 unspecified atom stereocenters. The first kappa shape index (κ1) is 26.9. The normalized spacial score (nSPS) is 11.9. The van der Waals surface area contributed by atoms with Gasteiger partial charge in [-0.25, -0.2) is 8.42 Å². The number of carbonyl (C=O) groups excluding carboxylic acids is 1. The molecule has 0 heterocycles. The fraction of sp³-hybridized carbons (Fsp3) is 0.167. The Labute approximate surface area is 223 Å². The van der Waals surface area contributed by atoms with E-state index in [4.69, 9.17) is 9.47 Å². The molecule has 0 aliphatic heterocycles. The summed E-state index contributed by atoms with van der Waals surface area (Å²) in [4.78, 5) is 13.4. The fourth-order valence-corrected chi connectivity index (χ4v) is 5.20. The first-order valence-electron chi connectivity index (χ1n) is 12.1. The van der Waals surface area contributed by atoms with Crippen molar-refractivity contribution >= 4 is 21.6 Å². The number of aryl methyl sites for hydroxylation is 1. The van der Waals surface area contributed by atoms with Crippen LogP contribution < -0.4 is 19.5 Å². The second-order valence-corrected chi connectivity index (χ2v) is 10.5. The van der Waals surface area contributed by atoms with Gasteiger partial charge in [-0.05, 0) is 72.5 Å². The van der Waals surface area contributed by atoms with Gasteiger partial charge in [0.25, 0.3) is 0 Å². The molecule has 0 fully saturated rings. The van der Waals surface area contributed by atoms with E-state index in [-0.39, 0.29) is 11.3 Å². The van der Waals surface area contributed by atoms with E-state index in [1.54, 1.807) is 37.3 Å².